The Balaban J connectivity index is 2.27. The SMILES string of the molecule is CCC1NC(=O)C(CC)N(Cc2ncccc2C)C1=O. The fraction of sp³-hybridized carbons (Fsp3) is 0.533. The summed E-state index contributed by atoms with van der Waals surface area (Å²) in [6, 6.07) is 3.03. The first kappa shape index (κ1) is 14.5. The van der Waals surface area contributed by atoms with E-state index in [9.17, 15) is 9.59 Å². The molecule has 2 unspecified atom stereocenters. The fourth-order valence-electron chi connectivity index (χ4n) is 2.54. The molecule has 20 heavy (non-hydrogen) atoms. The fourth-order valence-corrected chi connectivity index (χ4v) is 2.54. The Morgan fingerprint density at radius 3 is 2.65 bits per heavy atom. The van der Waals surface area contributed by atoms with Gasteiger partial charge < -0.3 is 10.2 Å². The summed E-state index contributed by atoms with van der Waals surface area (Å²) in [7, 11) is 0. The van der Waals surface area contributed by atoms with Gasteiger partial charge in [-0.05, 0) is 31.4 Å². The molecule has 0 saturated carbocycles. The van der Waals surface area contributed by atoms with Gasteiger partial charge in [-0.1, -0.05) is 19.9 Å². The van der Waals surface area contributed by atoms with Gasteiger partial charge in [0.2, 0.25) is 11.8 Å². The molecule has 0 bridgehead atoms. The number of carbonyl (C=O) groups excluding carboxylic acids is 2. The lowest BCUT2D eigenvalue weighted by molar-refractivity contribution is -0.150. The molecular formula is C15H21N3O2. The van der Waals surface area contributed by atoms with E-state index < -0.39 is 12.1 Å². The number of aromatic nitrogens is 1. The number of nitrogens with one attached hydrogen (secondary N) is 1. The zero-order valence-corrected chi connectivity index (χ0v) is 12.2. The zero-order valence-electron chi connectivity index (χ0n) is 12.2. The van der Waals surface area contributed by atoms with E-state index in [0.29, 0.717) is 19.4 Å². The predicted molar refractivity (Wildman–Crippen MR) is 75.8 cm³/mol. The minimum absolute atomic E-state index is 0.0102. The molecule has 2 amide bonds. The van der Waals surface area contributed by atoms with Crippen LogP contribution in [0.2, 0.25) is 0 Å². The maximum atomic E-state index is 12.5. The lowest BCUT2D eigenvalue weighted by Gasteiger charge is -2.38. The van der Waals surface area contributed by atoms with Crippen LogP contribution >= 0.6 is 0 Å². The van der Waals surface area contributed by atoms with Gasteiger partial charge in [0.15, 0.2) is 0 Å². The molecule has 0 aliphatic carbocycles. The second-order valence-corrected chi connectivity index (χ2v) is 5.13. The average molecular weight is 275 g/mol. The van der Waals surface area contributed by atoms with Gasteiger partial charge in [-0.25, -0.2) is 0 Å². The van der Waals surface area contributed by atoms with E-state index >= 15 is 0 Å². The number of aryl methyl sites for hydroxylation is 1. The first-order valence-electron chi connectivity index (χ1n) is 7.09. The van der Waals surface area contributed by atoms with Crippen LogP contribution in [0.1, 0.15) is 37.9 Å². The molecule has 1 aromatic rings. The zero-order chi connectivity index (χ0) is 14.7. The van der Waals surface area contributed by atoms with Gasteiger partial charge in [-0.2, -0.15) is 0 Å². The topological polar surface area (TPSA) is 62.3 Å². The summed E-state index contributed by atoms with van der Waals surface area (Å²) in [6.07, 6.45) is 2.94. The molecule has 5 nitrogen and oxygen atoms in total. The number of pyridine rings is 1. The first-order chi connectivity index (χ1) is 9.58. The smallest absolute Gasteiger partial charge is 0.246 e. The van der Waals surface area contributed by atoms with Crippen molar-refractivity contribution in [3.63, 3.8) is 0 Å². The van der Waals surface area contributed by atoms with Crippen LogP contribution in [0.4, 0.5) is 0 Å². The molecular weight excluding hydrogens is 254 g/mol. The van der Waals surface area contributed by atoms with E-state index in [-0.39, 0.29) is 11.8 Å². The molecule has 1 N–H and O–H groups in total. The van der Waals surface area contributed by atoms with Gasteiger partial charge >= 0.3 is 0 Å². The third-order valence-corrected chi connectivity index (χ3v) is 3.81. The van der Waals surface area contributed by atoms with E-state index in [0.717, 1.165) is 11.3 Å². The van der Waals surface area contributed by atoms with E-state index in [1.807, 2.05) is 32.9 Å². The number of carbonyl (C=O) groups is 2. The molecule has 2 rings (SSSR count). The average Bonchev–Trinajstić information content (AvgIpc) is 2.45. The van der Waals surface area contributed by atoms with Crippen LogP contribution < -0.4 is 5.32 Å². The van der Waals surface area contributed by atoms with Gasteiger partial charge in [-0.15, -0.1) is 0 Å². The summed E-state index contributed by atoms with van der Waals surface area (Å²) < 4.78 is 0. The summed E-state index contributed by atoms with van der Waals surface area (Å²) in [4.78, 5) is 30.6. The highest BCUT2D eigenvalue weighted by atomic mass is 16.2. The van der Waals surface area contributed by atoms with E-state index in [2.05, 4.69) is 10.3 Å². The van der Waals surface area contributed by atoms with Gasteiger partial charge in [0, 0.05) is 6.20 Å². The van der Waals surface area contributed by atoms with E-state index in [4.69, 9.17) is 0 Å². The van der Waals surface area contributed by atoms with Crippen LogP contribution in [-0.2, 0) is 16.1 Å². The molecule has 2 heterocycles. The Labute approximate surface area is 119 Å². The summed E-state index contributed by atoms with van der Waals surface area (Å²) in [5.41, 5.74) is 1.89. The molecule has 1 aromatic heterocycles. The third-order valence-electron chi connectivity index (χ3n) is 3.81. The van der Waals surface area contributed by atoms with Crippen LogP contribution in [0.5, 0.6) is 0 Å². The number of hydrogen-bond donors (Lipinski definition) is 1. The highest BCUT2D eigenvalue weighted by Gasteiger charge is 2.38. The van der Waals surface area contributed by atoms with Crippen molar-refractivity contribution in [1.29, 1.82) is 0 Å². The van der Waals surface area contributed by atoms with E-state index in [1.54, 1.807) is 11.1 Å². The van der Waals surface area contributed by atoms with Gasteiger partial charge in [-0.3, -0.25) is 14.6 Å². The second-order valence-electron chi connectivity index (χ2n) is 5.13. The molecule has 0 aromatic carbocycles. The Kier molecular flexibility index (Phi) is 4.37. The van der Waals surface area contributed by atoms with Crippen molar-refractivity contribution < 1.29 is 9.59 Å². The Bertz CT molecular complexity index is 516. The largest absolute Gasteiger partial charge is 0.343 e. The van der Waals surface area contributed by atoms with Gasteiger partial charge in [0.1, 0.15) is 12.1 Å². The third kappa shape index (κ3) is 2.66. The van der Waals surface area contributed by atoms with Crippen LogP contribution in [0.25, 0.3) is 0 Å². The monoisotopic (exact) mass is 275 g/mol. The second kappa shape index (κ2) is 6.03. The van der Waals surface area contributed by atoms with Gasteiger partial charge in [0.05, 0.1) is 12.2 Å². The van der Waals surface area contributed by atoms with Crippen LogP contribution in [0.3, 0.4) is 0 Å². The van der Waals surface area contributed by atoms with E-state index in [1.165, 1.54) is 0 Å². The van der Waals surface area contributed by atoms with Crippen molar-refractivity contribution in [2.75, 3.05) is 0 Å². The number of nitrogens with zero attached hydrogens (tertiary/aromatic N) is 2. The van der Waals surface area contributed by atoms with Crippen molar-refractivity contribution in [3.8, 4) is 0 Å². The Hall–Kier alpha value is -1.91. The lowest BCUT2D eigenvalue weighted by Crippen LogP contribution is -2.62. The molecule has 1 saturated heterocycles. The minimum Gasteiger partial charge on any atom is -0.343 e. The number of amides is 2. The molecule has 108 valence electrons. The summed E-state index contributed by atoms with van der Waals surface area (Å²) in [6.45, 7) is 6.18. The summed E-state index contributed by atoms with van der Waals surface area (Å²) >= 11 is 0. The first-order valence-corrected chi connectivity index (χ1v) is 7.09. The Morgan fingerprint density at radius 2 is 2.05 bits per heavy atom. The molecule has 1 aliphatic heterocycles. The quantitative estimate of drug-likeness (QED) is 0.903. The predicted octanol–water partition coefficient (Wildman–Crippen LogP) is 1.41. The molecule has 5 heteroatoms. The molecule has 1 aliphatic rings. The maximum absolute atomic E-state index is 12.5. The van der Waals surface area contributed by atoms with Crippen molar-refractivity contribution in [2.24, 2.45) is 0 Å². The standard InChI is InChI=1S/C15H21N3O2/c1-4-11-15(20)18(13(5-2)14(19)17-11)9-12-10(3)7-6-8-16-12/h6-8,11,13H,4-5,9H2,1-3H3,(H,17,19). The van der Waals surface area contributed by atoms with Gasteiger partial charge in [0.25, 0.3) is 0 Å². The maximum Gasteiger partial charge on any atom is 0.246 e. The summed E-state index contributed by atoms with van der Waals surface area (Å²) in [5, 5.41) is 2.80. The normalized spacial score (nSPS) is 22.9. The van der Waals surface area contributed by atoms with Crippen molar-refractivity contribution in [3.05, 3.63) is 29.6 Å². The van der Waals surface area contributed by atoms with Crippen LogP contribution in [-0.4, -0.2) is 33.8 Å². The molecule has 0 spiro atoms. The highest BCUT2D eigenvalue weighted by Crippen LogP contribution is 2.18. The van der Waals surface area contributed by atoms with Crippen molar-refractivity contribution >= 4 is 11.8 Å². The number of piperazine rings is 1. The molecule has 2 atom stereocenters. The minimum atomic E-state index is -0.408. The highest BCUT2D eigenvalue weighted by molar-refractivity contribution is 5.96. The Morgan fingerprint density at radius 1 is 1.30 bits per heavy atom. The lowest BCUT2D eigenvalue weighted by atomic mass is 10.0. The molecule has 0 radical (unpaired) electrons. The van der Waals surface area contributed by atoms with Crippen molar-refractivity contribution in [1.82, 2.24) is 15.2 Å². The van der Waals surface area contributed by atoms with Crippen LogP contribution in [0, 0.1) is 6.92 Å². The van der Waals surface area contributed by atoms with Crippen LogP contribution in [0.15, 0.2) is 18.3 Å². The summed E-state index contributed by atoms with van der Waals surface area (Å²) in [5.74, 6) is -0.0727. The van der Waals surface area contributed by atoms with Crippen molar-refractivity contribution in [2.45, 2.75) is 52.2 Å². The molecule has 1 fully saturated rings. The number of hydrogen-bond acceptors (Lipinski definition) is 3. The number of rotatable bonds is 4.